The Morgan fingerprint density at radius 1 is 1.28 bits per heavy atom. The fraction of sp³-hybridized carbons (Fsp3) is 0.562. The molecule has 98 valence electrons. The zero-order chi connectivity index (χ0) is 13.0. The van der Waals surface area contributed by atoms with Gasteiger partial charge in [0.05, 0.1) is 6.04 Å². The number of likely N-dealkylation sites (tertiary alicyclic amines) is 1. The second kappa shape index (κ2) is 6.14. The normalized spacial score (nSPS) is 19.7. The summed E-state index contributed by atoms with van der Waals surface area (Å²) >= 11 is 0. The largest absolute Gasteiger partial charge is 0.293 e. The molecule has 18 heavy (non-hydrogen) atoms. The summed E-state index contributed by atoms with van der Waals surface area (Å²) in [4.78, 5) is 14.7. The van der Waals surface area contributed by atoms with Gasteiger partial charge in [0, 0.05) is 5.56 Å². The first-order valence-corrected chi connectivity index (χ1v) is 7.05. The Hall–Kier alpha value is -1.15. The maximum absolute atomic E-state index is 12.4. The average Bonchev–Trinajstić information content (AvgIpc) is 2.47. The first-order valence-electron chi connectivity index (χ1n) is 7.05. The van der Waals surface area contributed by atoms with Crippen LogP contribution in [0, 0.1) is 5.92 Å². The molecule has 0 bridgehead atoms. The van der Waals surface area contributed by atoms with Crippen molar-refractivity contribution in [3.63, 3.8) is 0 Å². The van der Waals surface area contributed by atoms with Crippen LogP contribution < -0.4 is 0 Å². The predicted molar refractivity (Wildman–Crippen MR) is 74.8 cm³/mol. The van der Waals surface area contributed by atoms with Gasteiger partial charge in [-0.1, -0.05) is 43.7 Å². The van der Waals surface area contributed by atoms with Crippen LogP contribution in [-0.2, 0) is 0 Å². The Labute approximate surface area is 110 Å². The van der Waals surface area contributed by atoms with E-state index in [1.165, 1.54) is 19.3 Å². The van der Waals surface area contributed by atoms with E-state index in [-0.39, 0.29) is 11.8 Å². The Morgan fingerprint density at radius 2 is 1.89 bits per heavy atom. The smallest absolute Gasteiger partial charge is 0.179 e. The highest BCUT2D eigenvalue weighted by Crippen LogP contribution is 2.22. The van der Waals surface area contributed by atoms with Crippen molar-refractivity contribution in [1.29, 1.82) is 0 Å². The quantitative estimate of drug-likeness (QED) is 0.758. The molecular weight excluding hydrogens is 222 g/mol. The lowest BCUT2D eigenvalue weighted by molar-refractivity contribution is 0.0769. The number of hydrogen-bond donors (Lipinski definition) is 0. The Morgan fingerprint density at radius 3 is 2.44 bits per heavy atom. The Bertz CT molecular complexity index is 379. The zero-order valence-electron chi connectivity index (χ0n) is 11.4. The van der Waals surface area contributed by atoms with Crippen molar-refractivity contribution in [2.24, 2.45) is 5.92 Å². The van der Waals surface area contributed by atoms with E-state index in [1.807, 2.05) is 37.3 Å². The molecule has 1 aliphatic rings. The Kier molecular flexibility index (Phi) is 4.54. The van der Waals surface area contributed by atoms with E-state index in [2.05, 4.69) is 11.8 Å². The van der Waals surface area contributed by atoms with Gasteiger partial charge in [-0.05, 0) is 38.8 Å². The lowest BCUT2D eigenvalue weighted by Gasteiger charge is -2.35. The average molecular weight is 245 g/mol. The van der Waals surface area contributed by atoms with Crippen molar-refractivity contribution in [2.75, 3.05) is 13.1 Å². The highest BCUT2D eigenvalue weighted by atomic mass is 16.1. The van der Waals surface area contributed by atoms with Crippen LogP contribution in [0.5, 0.6) is 0 Å². The lowest BCUT2D eigenvalue weighted by atomic mass is 9.92. The summed E-state index contributed by atoms with van der Waals surface area (Å²) in [7, 11) is 0. The number of carbonyl (C=O) groups is 1. The van der Waals surface area contributed by atoms with Gasteiger partial charge in [-0.25, -0.2) is 0 Å². The van der Waals surface area contributed by atoms with Crippen LogP contribution in [-0.4, -0.2) is 29.8 Å². The summed E-state index contributed by atoms with van der Waals surface area (Å²) in [6.45, 7) is 6.44. The number of rotatable bonds is 4. The van der Waals surface area contributed by atoms with E-state index in [0.29, 0.717) is 0 Å². The fourth-order valence-electron chi connectivity index (χ4n) is 2.76. The molecule has 0 aliphatic carbocycles. The SMILES string of the molecule is CCC1CCN(C(C)C(=O)c2ccccc2)CC1. The van der Waals surface area contributed by atoms with Gasteiger partial charge in [-0.3, -0.25) is 9.69 Å². The van der Waals surface area contributed by atoms with E-state index in [4.69, 9.17) is 0 Å². The minimum atomic E-state index is 0.0187. The van der Waals surface area contributed by atoms with E-state index < -0.39 is 0 Å². The minimum absolute atomic E-state index is 0.0187. The van der Waals surface area contributed by atoms with Gasteiger partial charge in [-0.15, -0.1) is 0 Å². The van der Waals surface area contributed by atoms with Crippen LogP contribution in [0.25, 0.3) is 0 Å². The fourth-order valence-corrected chi connectivity index (χ4v) is 2.76. The molecule has 1 heterocycles. The van der Waals surface area contributed by atoms with Gasteiger partial charge >= 0.3 is 0 Å². The van der Waals surface area contributed by atoms with Gasteiger partial charge in [-0.2, -0.15) is 0 Å². The molecule has 0 aromatic heterocycles. The summed E-state index contributed by atoms with van der Waals surface area (Å²) in [6, 6.07) is 9.67. The van der Waals surface area contributed by atoms with Gasteiger partial charge in [0.2, 0.25) is 0 Å². The molecule has 2 nitrogen and oxygen atoms in total. The molecule has 1 fully saturated rings. The molecule has 0 N–H and O–H groups in total. The standard InChI is InChI=1S/C16H23NO/c1-3-14-9-11-17(12-10-14)13(2)16(18)15-7-5-4-6-8-15/h4-8,13-14H,3,9-12H2,1-2H3. The molecule has 2 rings (SSSR count). The summed E-state index contributed by atoms with van der Waals surface area (Å²) in [5.41, 5.74) is 0.836. The number of Topliss-reactive ketones (excluding diaryl/α,β-unsaturated/α-hetero) is 1. The van der Waals surface area contributed by atoms with Crippen LogP contribution in [0.4, 0.5) is 0 Å². The second-order valence-corrected chi connectivity index (χ2v) is 5.29. The topological polar surface area (TPSA) is 20.3 Å². The monoisotopic (exact) mass is 245 g/mol. The highest BCUT2D eigenvalue weighted by molar-refractivity contribution is 5.99. The van der Waals surface area contributed by atoms with E-state index in [0.717, 1.165) is 24.6 Å². The summed E-state index contributed by atoms with van der Waals surface area (Å²) < 4.78 is 0. The number of hydrogen-bond acceptors (Lipinski definition) is 2. The molecular formula is C16H23NO. The molecule has 1 unspecified atom stereocenters. The molecule has 1 aromatic carbocycles. The van der Waals surface area contributed by atoms with Gasteiger partial charge in [0.15, 0.2) is 5.78 Å². The second-order valence-electron chi connectivity index (χ2n) is 5.29. The number of benzene rings is 1. The third-order valence-electron chi connectivity index (χ3n) is 4.21. The summed E-state index contributed by atoms with van der Waals surface area (Å²) in [6.07, 6.45) is 3.75. The van der Waals surface area contributed by atoms with Crippen LogP contribution >= 0.6 is 0 Å². The minimum Gasteiger partial charge on any atom is -0.293 e. The van der Waals surface area contributed by atoms with Crippen molar-refractivity contribution in [2.45, 2.75) is 39.2 Å². The first kappa shape index (κ1) is 13.3. The maximum atomic E-state index is 12.4. The van der Waals surface area contributed by atoms with E-state index in [1.54, 1.807) is 0 Å². The predicted octanol–water partition coefficient (Wildman–Crippen LogP) is 3.38. The van der Waals surface area contributed by atoms with Crippen molar-refractivity contribution in [1.82, 2.24) is 4.90 Å². The summed E-state index contributed by atoms with van der Waals surface area (Å²) in [5, 5.41) is 0. The first-order chi connectivity index (χ1) is 8.72. The summed E-state index contributed by atoms with van der Waals surface area (Å²) in [5.74, 6) is 1.12. The molecule has 2 heteroatoms. The van der Waals surface area contributed by atoms with Gasteiger partial charge in [0.1, 0.15) is 0 Å². The maximum Gasteiger partial charge on any atom is 0.179 e. The van der Waals surface area contributed by atoms with Crippen molar-refractivity contribution < 1.29 is 4.79 Å². The molecule has 0 amide bonds. The molecule has 1 aromatic rings. The van der Waals surface area contributed by atoms with Crippen molar-refractivity contribution >= 4 is 5.78 Å². The Balaban J connectivity index is 1.96. The molecule has 0 radical (unpaired) electrons. The van der Waals surface area contributed by atoms with Gasteiger partial charge in [0.25, 0.3) is 0 Å². The van der Waals surface area contributed by atoms with Crippen LogP contribution in [0.15, 0.2) is 30.3 Å². The zero-order valence-corrected chi connectivity index (χ0v) is 11.4. The number of nitrogens with zero attached hydrogens (tertiary/aromatic N) is 1. The molecule has 1 aliphatic heterocycles. The molecule has 1 saturated heterocycles. The van der Waals surface area contributed by atoms with Crippen LogP contribution in [0.2, 0.25) is 0 Å². The van der Waals surface area contributed by atoms with E-state index >= 15 is 0 Å². The third-order valence-corrected chi connectivity index (χ3v) is 4.21. The lowest BCUT2D eigenvalue weighted by Crippen LogP contribution is -2.43. The van der Waals surface area contributed by atoms with E-state index in [9.17, 15) is 4.79 Å². The van der Waals surface area contributed by atoms with Crippen LogP contribution in [0.3, 0.4) is 0 Å². The van der Waals surface area contributed by atoms with Crippen molar-refractivity contribution in [3.05, 3.63) is 35.9 Å². The van der Waals surface area contributed by atoms with Crippen molar-refractivity contribution in [3.8, 4) is 0 Å². The van der Waals surface area contributed by atoms with Crippen LogP contribution in [0.1, 0.15) is 43.5 Å². The highest BCUT2D eigenvalue weighted by Gasteiger charge is 2.26. The number of carbonyl (C=O) groups excluding carboxylic acids is 1. The third kappa shape index (κ3) is 2.99. The number of piperidine rings is 1. The molecule has 1 atom stereocenters. The van der Waals surface area contributed by atoms with Gasteiger partial charge < -0.3 is 0 Å². The molecule has 0 spiro atoms. The molecule has 0 saturated carbocycles. The number of ketones is 1.